The fourth-order valence-electron chi connectivity index (χ4n) is 4.61. The molecule has 2 heterocycles. The van der Waals surface area contributed by atoms with Gasteiger partial charge in [0.15, 0.2) is 0 Å². The van der Waals surface area contributed by atoms with Gasteiger partial charge < -0.3 is 14.0 Å². The fraction of sp³-hybridized carbons (Fsp3) is 0.519. The summed E-state index contributed by atoms with van der Waals surface area (Å²) in [5.74, 6) is 0. The van der Waals surface area contributed by atoms with E-state index < -0.39 is 83.9 Å². The molecule has 0 aliphatic carbocycles. The maximum atomic E-state index is 13.6. The molecule has 0 N–H and O–H groups in total. The SMILES string of the molecule is C.C[C@H]1[C@@H](c2cc(C(F)(F)F)cc(C(F)(F)F)c2)OC(=O)N1Cc1cc(C(F)(F)F)ccc1B1OC(C)(C)C(C)(C)O1. The molecule has 42 heavy (non-hydrogen) atoms. The van der Waals surface area contributed by atoms with Crippen LogP contribution in [0, 0.1) is 0 Å². The third-order valence-corrected chi connectivity index (χ3v) is 7.65. The molecule has 0 bridgehead atoms. The average Bonchev–Trinajstić information content (AvgIpc) is 3.21. The van der Waals surface area contributed by atoms with Crippen molar-refractivity contribution in [2.75, 3.05) is 0 Å². The number of carbonyl (C=O) groups is 1. The van der Waals surface area contributed by atoms with Crippen LogP contribution in [0.5, 0.6) is 0 Å². The molecule has 232 valence electrons. The molecule has 5 nitrogen and oxygen atoms in total. The molecule has 2 aromatic rings. The molecule has 0 spiro atoms. The second-order valence-electron chi connectivity index (χ2n) is 11.0. The highest BCUT2D eigenvalue weighted by molar-refractivity contribution is 6.62. The van der Waals surface area contributed by atoms with Gasteiger partial charge in [0.25, 0.3) is 0 Å². The summed E-state index contributed by atoms with van der Waals surface area (Å²) in [7, 11) is -1.13. The fourth-order valence-corrected chi connectivity index (χ4v) is 4.61. The van der Waals surface area contributed by atoms with Gasteiger partial charge in [-0.1, -0.05) is 19.6 Å². The minimum atomic E-state index is -5.13. The highest BCUT2D eigenvalue weighted by Crippen LogP contribution is 2.42. The van der Waals surface area contributed by atoms with E-state index in [1.54, 1.807) is 27.7 Å². The van der Waals surface area contributed by atoms with Crippen LogP contribution in [0.1, 0.15) is 76.0 Å². The number of carbonyl (C=O) groups excluding carboxylic acids is 1. The molecular formula is C27H29BF9NO4. The lowest BCUT2D eigenvalue weighted by Gasteiger charge is -2.32. The van der Waals surface area contributed by atoms with Crippen LogP contribution in [-0.4, -0.2) is 35.4 Å². The first kappa shape index (κ1) is 33.6. The molecule has 0 aromatic heterocycles. The molecule has 0 radical (unpaired) electrons. The Morgan fingerprint density at radius 2 is 1.26 bits per heavy atom. The zero-order valence-corrected chi connectivity index (χ0v) is 22.4. The lowest BCUT2D eigenvalue weighted by atomic mass is 9.75. The van der Waals surface area contributed by atoms with Gasteiger partial charge >= 0.3 is 31.7 Å². The van der Waals surface area contributed by atoms with E-state index in [2.05, 4.69) is 0 Å². The number of hydrogen-bond donors (Lipinski definition) is 0. The Morgan fingerprint density at radius 1 is 0.786 bits per heavy atom. The van der Waals surface area contributed by atoms with Crippen LogP contribution in [0.4, 0.5) is 44.3 Å². The highest BCUT2D eigenvalue weighted by atomic mass is 19.4. The first-order valence-electron chi connectivity index (χ1n) is 12.3. The first-order valence-corrected chi connectivity index (χ1v) is 12.3. The van der Waals surface area contributed by atoms with E-state index in [1.165, 1.54) is 6.92 Å². The Kier molecular flexibility index (Phi) is 8.51. The third-order valence-electron chi connectivity index (χ3n) is 7.65. The van der Waals surface area contributed by atoms with Gasteiger partial charge in [0, 0.05) is 6.54 Å². The van der Waals surface area contributed by atoms with E-state index in [4.69, 9.17) is 14.0 Å². The van der Waals surface area contributed by atoms with Gasteiger partial charge in [0.2, 0.25) is 0 Å². The summed E-state index contributed by atoms with van der Waals surface area (Å²) < 4.78 is 138. The zero-order chi connectivity index (χ0) is 30.9. The number of ether oxygens (including phenoxy) is 1. The summed E-state index contributed by atoms with van der Waals surface area (Å²) >= 11 is 0. The second-order valence-corrected chi connectivity index (χ2v) is 11.0. The summed E-state index contributed by atoms with van der Waals surface area (Å²) in [6, 6.07) is 2.45. The summed E-state index contributed by atoms with van der Waals surface area (Å²) in [5, 5.41) is 0. The van der Waals surface area contributed by atoms with Gasteiger partial charge in [-0.2, -0.15) is 39.5 Å². The van der Waals surface area contributed by atoms with E-state index >= 15 is 0 Å². The molecule has 15 heteroatoms. The predicted octanol–water partition coefficient (Wildman–Crippen LogP) is 7.76. The van der Waals surface area contributed by atoms with Crippen molar-refractivity contribution in [3.63, 3.8) is 0 Å². The van der Waals surface area contributed by atoms with Crippen LogP contribution in [0.25, 0.3) is 0 Å². The van der Waals surface area contributed by atoms with Crippen molar-refractivity contribution in [3.8, 4) is 0 Å². The molecule has 0 saturated carbocycles. The third kappa shape index (κ3) is 6.36. The van der Waals surface area contributed by atoms with Gasteiger partial charge in [0.1, 0.15) is 6.10 Å². The number of rotatable bonds is 4. The largest absolute Gasteiger partial charge is 0.495 e. The average molecular weight is 613 g/mol. The molecular weight excluding hydrogens is 584 g/mol. The van der Waals surface area contributed by atoms with Crippen LogP contribution in [0.2, 0.25) is 0 Å². The monoisotopic (exact) mass is 613 g/mol. The van der Waals surface area contributed by atoms with Crippen molar-refractivity contribution in [2.45, 2.75) is 90.5 Å². The Morgan fingerprint density at radius 3 is 1.71 bits per heavy atom. The number of nitrogens with zero attached hydrogens (tertiary/aromatic N) is 1. The lowest BCUT2D eigenvalue weighted by molar-refractivity contribution is -0.143. The van der Waals surface area contributed by atoms with Crippen molar-refractivity contribution < 1.29 is 58.4 Å². The standard InChI is InChI=1S/C26H25BF9NO4.CH4/c1-13-20(14-8-17(25(31,32)33)11-18(9-14)26(34,35)36)39-21(38)37(13)12-15-10-16(24(28,29)30)6-7-19(15)27-40-22(2,3)23(4,5)41-27;/h6-11,13,20H,12H2,1-5H3;1H4/t13-,20-;/m0./s1. The first-order chi connectivity index (χ1) is 18.5. The lowest BCUT2D eigenvalue weighted by Crippen LogP contribution is -2.41. The highest BCUT2D eigenvalue weighted by Gasteiger charge is 2.53. The van der Waals surface area contributed by atoms with E-state index in [1.807, 2.05) is 0 Å². The molecule has 2 aliphatic heterocycles. The normalized spacial score (nSPS) is 22.3. The molecule has 2 atom stereocenters. The van der Waals surface area contributed by atoms with Gasteiger partial charge in [0.05, 0.1) is 33.9 Å². The number of alkyl halides is 9. The topological polar surface area (TPSA) is 48.0 Å². The van der Waals surface area contributed by atoms with E-state index in [0.29, 0.717) is 12.1 Å². The van der Waals surface area contributed by atoms with Crippen molar-refractivity contribution in [1.82, 2.24) is 4.90 Å². The molecule has 2 fully saturated rings. The number of amides is 1. The van der Waals surface area contributed by atoms with Gasteiger partial charge in [-0.15, -0.1) is 0 Å². The summed E-state index contributed by atoms with van der Waals surface area (Å²) in [5.41, 5.74) is -6.40. The maximum absolute atomic E-state index is 13.6. The Labute approximate surface area is 237 Å². The second kappa shape index (κ2) is 10.7. The zero-order valence-electron chi connectivity index (χ0n) is 22.4. The van der Waals surface area contributed by atoms with Crippen LogP contribution < -0.4 is 5.46 Å². The van der Waals surface area contributed by atoms with Crippen molar-refractivity contribution in [1.29, 1.82) is 0 Å². The van der Waals surface area contributed by atoms with Crippen LogP contribution in [0.15, 0.2) is 36.4 Å². The molecule has 2 aliphatic rings. The van der Waals surface area contributed by atoms with Crippen LogP contribution in [0.3, 0.4) is 0 Å². The maximum Gasteiger partial charge on any atom is 0.495 e. The smallest absolute Gasteiger partial charge is 0.439 e. The Bertz CT molecular complexity index is 1290. The predicted molar refractivity (Wildman–Crippen MR) is 135 cm³/mol. The molecule has 0 unspecified atom stereocenters. The summed E-state index contributed by atoms with van der Waals surface area (Å²) in [6.45, 7) is 7.70. The Balaban J connectivity index is 0.00000484. The van der Waals surface area contributed by atoms with Crippen LogP contribution in [-0.2, 0) is 39.1 Å². The van der Waals surface area contributed by atoms with Crippen LogP contribution >= 0.6 is 0 Å². The number of hydrogen-bond acceptors (Lipinski definition) is 4. The summed E-state index contributed by atoms with van der Waals surface area (Å²) in [6.07, 6.45) is -17.7. The van der Waals surface area contributed by atoms with Crippen molar-refractivity contribution in [2.24, 2.45) is 0 Å². The van der Waals surface area contributed by atoms with Gasteiger partial charge in [-0.25, -0.2) is 4.79 Å². The van der Waals surface area contributed by atoms with Crippen molar-refractivity contribution in [3.05, 3.63) is 64.2 Å². The number of halogens is 9. The summed E-state index contributed by atoms with van der Waals surface area (Å²) in [4.78, 5) is 13.8. The Hall–Kier alpha value is -2.94. The molecule has 4 rings (SSSR count). The quantitative estimate of drug-likeness (QED) is 0.261. The minimum absolute atomic E-state index is 0. The molecule has 2 aromatic carbocycles. The number of benzene rings is 2. The van der Waals surface area contributed by atoms with E-state index in [9.17, 15) is 44.3 Å². The molecule has 2 saturated heterocycles. The minimum Gasteiger partial charge on any atom is -0.439 e. The van der Waals surface area contributed by atoms with E-state index in [-0.39, 0.29) is 24.5 Å². The van der Waals surface area contributed by atoms with Gasteiger partial charge in [-0.3, -0.25) is 4.90 Å². The number of cyclic esters (lactones) is 1. The van der Waals surface area contributed by atoms with E-state index in [0.717, 1.165) is 23.1 Å². The molecule has 1 amide bonds. The van der Waals surface area contributed by atoms with Crippen molar-refractivity contribution >= 4 is 18.7 Å². The van der Waals surface area contributed by atoms with Gasteiger partial charge in [-0.05, 0) is 75.5 Å².